The zero-order valence-electron chi connectivity index (χ0n) is 17.8. The average Bonchev–Trinajstić information content (AvgIpc) is 2.75. The lowest BCUT2D eigenvalue weighted by Gasteiger charge is -2.37. The standard InChI is InChI=1S/C26H26N2O2/c1-25(2,19-8-12-23(13-9-19)29-17-27)21-6-5-7-22(16-21)26(3,4)20-10-14-24(15-11-20)30-18-28/h5-6,8-16,22H,7H2,1-4H3. The first-order chi connectivity index (χ1) is 14.3. The topological polar surface area (TPSA) is 66.0 Å². The second-order valence-electron chi connectivity index (χ2n) is 8.65. The maximum atomic E-state index is 8.69. The summed E-state index contributed by atoms with van der Waals surface area (Å²) in [6.07, 6.45) is 11.3. The minimum Gasteiger partial charge on any atom is -0.388 e. The highest BCUT2D eigenvalue weighted by Gasteiger charge is 2.33. The van der Waals surface area contributed by atoms with E-state index in [9.17, 15) is 0 Å². The highest BCUT2D eigenvalue weighted by Crippen LogP contribution is 2.42. The second-order valence-corrected chi connectivity index (χ2v) is 8.65. The predicted molar refractivity (Wildman–Crippen MR) is 117 cm³/mol. The van der Waals surface area contributed by atoms with E-state index in [1.807, 2.05) is 48.5 Å². The molecule has 0 amide bonds. The molecule has 30 heavy (non-hydrogen) atoms. The fourth-order valence-corrected chi connectivity index (χ4v) is 3.98. The van der Waals surface area contributed by atoms with Gasteiger partial charge >= 0.3 is 0 Å². The van der Waals surface area contributed by atoms with E-state index in [0.717, 1.165) is 6.42 Å². The molecule has 1 atom stereocenters. The lowest BCUT2D eigenvalue weighted by molar-refractivity contribution is 0.376. The van der Waals surface area contributed by atoms with Gasteiger partial charge in [0.2, 0.25) is 0 Å². The molecule has 0 bridgehead atoms. The van der Waals surface area contributed by atoms with Gasteiger partial charge in [0.05, 0.1) is 0 Å². The Kier molecular flexibility index (Phi) is 5.99. The summed E-state index contributed by atoms with van der Waals surface area (Å²) in [7, 11) is 0. The maximum Gasteiger partial charge on any atom is 0.292 e. The third-order valence-electron chi connectivity index (χ3n) is 6.22. The molecule has 0 N–H and O–H groups in total. The van der Waals surface area contributed by atoms with Crippen molar-refractivity contribution in [2.45, 2.75) is 44.9 Å². The fourth-order valence-electron chi connectivity index (χ4n) is 3.98. The zero-order chi connectivity index (χ0) is 21.8. The number of ether oxygens (including phenoxy) is 2. The molecule has 0 fully saturated rings. The Hall–Kier alpha value is -3.50. The van der Waals surface area contributed by atoms with E-state index in [2.05, 4.69) is 45.9 Å². The van der Waals surface area contributed by atoms with E-state index < -0.39 is 0 Å². The van der Waals surface area contributed by atoms with Crippen molar-refractivity contribution in [1.29, 1.82) is 10.5 Å². The van der Waals surface area contributed by atoms with E-state index in [-0.39, 0.29) is 10.8 Å². The number of benzene rings is 2. The van der Waals surface area contributed by atoms with E-state index in [1.165, 1.54) is 16.7 Å². The highest BCUT2D eigenvalue weighted by molar-refractivity contribution is 5.45. The molecule has 2 aromatic carbocycles. The number of allylic oxidation sites excluding steroid dienone is 4. The monoisotopic (exact) mass is 398 g/mol. The molecule has 0 spiro atoms. The second kappa shape index (κ2) is 8.47. The van der Waals surface area contributed by atoms with Crippen LogP contribution in [0.3, 0.4) is 0 Å². The summed E-state index contributed by atoms with van der Waals surface area (Å²) in [6.45, 7) is 8.94. The van der Waals surface area contributed by atoms with Crippen LogP contribution in [0.1, 0.15) is 45.2 Å². The minimum absolute atomic E-state index is 0.0816. The van der Waals surface area contributed by atoms with Crippen LogP contribution in [0, 0.1) is 29.0 Å². The lowest BCUT2D eigenvalue weighted by Crippen LogP contribution is -2.30. The van der Waals surface area contributed by atoms with Gasteiger partial charge in [-0.1, -0.05) is 70.2 Å². The molecular formula is C26H26N2O2. The van der Waals surface area contributed by atoms with Gasteiger partial charge in [0, 0.05) is 5.41 Å². The smallest absolute Gasteiger partial charge is 0.292 e. The van der Waals surface area contributed by atoms with Crippen LogP contribution in [-0.2, 0) is 10.8 Å². The van der Waals surface area contributed by atoms with Gasteiger partial charge in [-0.15, -0.1) is 10.5 Å². The van der Waals surface area contributed by atoms with Crippen molar-refractivity contribution in [2.24, 2.45) is 5.92 Å². The number of rotatable bonds is 6. The Labute approximate surface area is 178 Å². The largest absolute Gasteiger partial charge is 0.388 e. The molecule has 0 saturated heterocycles. The van der Waals surface area contributed by atoms with Gasteiger partial charge < -0.3 is 9.47 Å². The van der Waals surface area contributed by atoms with E-state index in [4.69, 9.17) is 20.0 Å². The van der Waals surface area contributed by atoms with Crippen LogP contribution in [0.4, 0.5) is 0 Å². The SMILES string of the molecule is CC(C)(C1=CC(C(C)(C)c2ccc(OC#N)cc2)CC=C1)c1ccc(OC#N)cc1. The molecule has 3 rings (SSSR count). The van der Waals surface area contributed by atoms with Crippen LogP contribution in [0.15, 0.2) is 72.3 Å². The van der Waals surface area contributed by atoms with Gasteiger partial charge in [0.25, 0.3) is 12.5 Å². The Morgan fingerprint density at radius 3 is 1.80 bits per heavy atom. The Balaban J connectivity index is 1.88. The first-order valence-corrected chi connectivity index (χ1v) is 10.0. The van der Waals surface area contributed by atoms with E-state index >= 15 is 0 Å². The third-order valence-corrected chi connectivity index (χ3v) is 6.22. The number of nitriles is 2. The number of hydrogen-bond donors (Lipinski definition) is 0. The van der Waals surface area contributed by atoms with E-state index in [0.29, 0.717) is 17.4 Å². The molecule has 0 aliphatic heterocycles. The van der Waals surface area contributed by atoms with Crippen LogP contribution in [0.5, 0.6) is 11.5 Å². The Morgan fingerprint density at radius 2 is 1.30 bits per heavy atom. The van der Waals surface area contributed by atoms with Gasteiger partial charge in [0.15, 0.2) is 0 Å². The molecule has 0 heterocycles. The molecular weight excluding hydrogens is 372 g/mol. The molecule has 1 unspecified atom stereocenters. The lowest BCUT2D eigenvalue weighted by atomic mass is 9.67. The fraction of sp³-hybridized carbons (Fsp3) is 0.308. The number of hydrogen-bond acceptors (Lipinski definition) is 4. The van der Waals surface area contributed by atoms with Crippen molar-refractivity contribution in [2.75, 3.05) is 0 Å². The summed E-state index contributed by atoms with van der Waals surface area (Å²) in [6, 6.07) is 15.5. The van der Waals surface area contributed by atoms with Crippen molar-refractivity contribution in [3.63, 3.8) is 0 Å². The average molecular weight is 399 g/mol. The van der Waals surface area contributed by atoms with Crippen LogP contribution in [0.25, 0.3) is 0 Å². The highest BCUT2D eigenvalue weighted by atomic mass is 16.5. The predicted octanol–water partition coefficient (Wildman–Crippen LogP) is 6.16. The quantitative estimate of drug-likeness (QED) is 0.546. The molecule has 1 aliphatic carbocycles. The van der Waals surface area contributed by atoms with Crippen molar-refractivity contribution < 1.29 is 9.47 Å². The summed E-state index contributed by atoms with van der Waals surface area (Å²) < 4.78 is 9.81. The van der Waals surface area contributed by atoms with Crippen molar-refractivity contribution in [3.05, 3.63) is 83.5 Å². The summed E-state index contributed by atoms with van der Waals surface area (Å²) in [5.74, 6) is 1.44. The van der Waals surface area contributed by atoms with Gasteiger partial charge in [-0.2, -0.15) is 0 Å². The molecule has 4 nitrogen and oxygen atoms in total. The summed E-state index contributed by atoms with van der Waals surface area (Å²) in [5, 5.41) is 17.4. The first-order valence-electron chi connectivity index (χ1n) is 10.0. The molecule has 0 aromatic heterocycles. The van der Waals surface area contributed by atoms with Crippen LogP contribution in [-0.4, -0.2) is 0 Å². The van der Waals surface area contributed by atoms with Crippen molar-refractivity contribution in [3.8, 4) is 24.0 Å². The summed E-state index contributed by atoms with van der Waals surface area (Å²) in [5.41, 5.74) is 3.38. The van der Waals surface area contributed by atoms with Crippen molar-refractivity contribution >= 4 is 0 Å². The van der Waals surface area contributed by atoms with Gasteiger partial charge in [-0.25, -0.2) is 0 Å². The molecule has 4 heteroatoms. The van der Waals surface area contributed by atoms with Gasteiger partial charge in [0.1, 0.15) is 11.5 Å². The zero-order valence-corrected chi connectivity index (χ0v) is 17.8. The number of nitrogens with zero attached hydrogens (tertiary/aromatic N) is 2. The molecule has 152 valence electrons. The molecule has 1 aliphatic rings. The van der Waals surface area contributed by atoms with E-state index in [1.54, 1.807) is 12.5 Å². The summed E-state index contributed by atoms with van der Waals surface area (Å²) in [4.78, 5) is 0. The van der Waals surface area contributed by atoms with Crippen LogP contribution in [0.2, 0.25) is 0 Å². The van der Waals surface area contributed by atoms with Crippen molar-refractivity contribution in [1.82, 2.24) is 0 Å². The third kappa shape index (κ3) is 4.24. The molecule has 0 radical (unpaired) electrons. The van der Waals surface area contributed by atoms with Gasteiger partial charge in [-0.05, 0) is 58.7 Å². The minimum atomic E-state index is -0.180. The van der Waals surface area contributed by atoms with Crippen LogP contribution >= 0.6 is 0 Å². The maximum absolute atomic E-state index is 8.69. The summed E-state index contributed by atoms with van der Waals surface area (Å²) >= 11 is 0. The molecule has 0 saturated carbocycles. The Morgan fingerprint density at radius 1 is 0.800 bits per heavy atom. The van der Waals surface area contributed by atoms with Crippen LogP contribution < -0.4 is 9.47 Å². The first kappa shape index (κ1) is 21.2. The normalized spacial score (nSPS) is 16.2. The van der Waals surface area contributed by atoms with Gasteiger partial charge in [-0.3, -0.25) is 0 Å². The Bertz CT molecular complexity index is 1030. The molecule has 2 aromatic rings.